The Morgan fingerprint density at radius 2 is 1.83 bits per heavy atom. The smallest absolute Gasteiger partial charge is 0.418 e. The van der Waals surface area contributed by atoms with Crippen molar-refractivity contribution >= 4 is 17.8 Å². The molecule has 1 aromatic rings. The van der Waals surface area contributed by atoms with E-state index in [1.807, 2.05) is 11.0 Å². The average Bonchev–Trinajstić information content (AvgIpc) is 2.78. The molecule has 2 aliphatic heterocycles. The Labute approximate surface area is 140 Å². The molecule has 1 spiro atoms. The summed E-state index contributed by atoms with van der Waals surface area (Å²) in [5.74, 6) is 0.221. The maximum Gasteiger partial charge on any atom is 0.418 e. The highest BCUT2D eigenvalue weighted by molar-refractivity contribution is 6.03. The van der Waals surface area contributed by atoms with Crippen molar-refractivity contribution in [3.8, 4) is 6.07 Å². The fraction of sp³-hybridized carbons (Fsp3) is 0.562. The number of ether oxygens (including phenoxy) is 1. The second-order valence-corrected chi connectivity index (χ2v) is 7.00. The lowest BCUT2D eigenvalue weighted by atomic mass is 9.89. The number of hydrogen-bond donors (Lipinski definition) is 0. The third kappa shape index (κ3) is 2.46. The van der Waals surface area contributed by atoms with Crippen molar-refractivity contribution in [3.05, 3.63) is 18.1 Å². The summed E-state index contributed by atoms with van der Waals surface area (Å²) in [4.78, 5) is 36.3. The van der Waals surface area contributed by atoms with Crippen molar-refractivity contribution < 1.29 is 14.3 Å². The predicted molar refractivity (Wildman–Crippen MR) is 84.0 cm³/mol. The van der Waals surface area contributed by atoms with E-state index in [4.69, 9.17) is 10.00 Å². The van der Waals surface area contributed by atoms with Crippen molar-refractivity contribution in [3.63, 3.8) is 0 Å². The van der Waals surface area contributed by atoms with Gasteiger partial charge >= 0.3 is 6.09 Å². The highest BCUT2D eigenvalue weighted by atomic mass is 16.6. The van der Waals surface area contributed by atoms with Crippen LogP contribution in [0, 0.1) is 11.3 Å². The van der Waals surface area contributed by atoms with E-state index in [2.05, 4.69) is 9.97 Å². The minimum absolute atomic E-state index is 0.250. The fourth-order valence-corrected chi connectivity index (χ4v) is 3.16. The summed E-state index contributed by atoms with van der Waals surface area (Å²) in [6, 6.07) is 2.02. The molecule has 2 amide bonds. The third-order valence-electron chi connectivity index (χ3n) is 4.38. The SMILES string of the molecule is CC(C)(C)N1C(=O)OC2(CCN(c3nccnc3C#N)CC2)C1=O. The number of carbonyl (C=O) groups is 2. The number of anilines is 1. The van der Waals surface area contributed by atoms with Crippen LogP contribution in [0.3, 0.4) is 0 Å². The first-order chi connectivity index (χ1) is 11.3. The molecule has 24 heavy (non-hydrogen) atoms. The summed E-state index contributed by atoms with van der Waals surface area (Å²) in [5.41, 5.74) is -1.47. The zero-order valence-corrected chi connectivity index (χ0v) is 13.9. The Bertz CT molecular complexity index is 726. The number of carbonyl (C=O) groups excluding carboxylic acids is 2. The van der Waals surface area contributed by atoms with E-state index in [-0.39, 0.29) is 11.6 Å². The molecule has 0 radical (unpaired) electrons. The number of rotatable bonds is 1. The number of hydrogen-bond acceptors (Lipinski definition) is 7. The van der Waals surface area contributed by atoms with Crippen LogP contribution in [-0.2, 0) is 9.53 Å². The summed E-state index contributed by atoms with van der Waals surface area (Å²) in [6.45, 7) is 6.34. The van der Waals surface area contributed by atoms with Crippen molar-refractivity contribution in [2.75, 3.05) is 18.0 Å². The van der Waals surface area contributed by atoms with Crippen LogP contribution in [0.5, 0.6) is 0 Å². The highest BCUT2D eigenvalue weighted by Crippen LogP contribution is 2.38. The van der Waals surface area contributed by atoms with Gasteiger partial charge in [-0.05, 0) is 20.8 Å². The molecule has 0 unspecified atom stereocenters. The quantitative estimate of drug-likeness (QED) is 0.769. The Morgan fingerprint density at radius 1 is 1.21 bits per heavy atom. The van der Waals surface area contributed by atoms with Gasteiger partial charge in [0, 0.05) is 43.9 Å². The van der Waals surface area contributed by atoms with Gasteiger partial charge in [-0.1, -0.05) is 0 Å². The molecule has 3 rings (SSSR count). The average molecular weight is 329 g/mol. The normalized spacial score (nSPS) is 20.2. The van der Waals surface area contributed by atoms with Gasteiger partial charge in [0.25, 0.3) is 5.91 Å². The Balaban J connectivity index is 1.79. The van der Waals surface area contributed by atoms with E-state index < -0.39 is 17.2 Å². The van der Waals surface area contributed by atoms with Gasteiger partial charge in [-0.15, -0.1) is 0 Å². The Kier molecular flexibility index (Phi) is 3.67. The lowest BCUT2D eigenvalue weighted by Gasteiger charge is -2.37. The third-order valence-corrected chi connectivity index (χ3v) is 4.38. The maximum atomic E-state index is 12.8. The van der Waals surface area contributed by atoms with E-state index in [1.165, 1.54) is 17.3 Å². The van der Waals surface area contributed by atoms with Crippen LogP contribution in [0.1, 0.15) is 39.3 Å². The fourth-order valence-electron chi connectivity index (χ4n) is 3.16. The molecule has 0 N–H and O–H groups in total. The van der Waals surface area contributed by atoms with Crippen LogP contribution in [0.2, 0.25) is 0 Å². The number of amides is 2. The standard InChI is InChI=1S/C16H19N5O3/c1-15(2,3)21-13(22)16(24-14(21)23)4-8-20(9-5-16)12-11(10-17)18-6-7-19-12/h6-7H,4-5,8-9H2,1-3H3. The highest BCUT2D eigenvalue weighted by Gasteiger charge is 2.57. The lowest BCUT2D eigenvalue weighted by Crippen LogP contribution is -2.53. The van der Waals surface area contributed by atoms with Crippen molar-refractivity contribution in [2.24, 2.45) is 0 Å². The molecule has 2 saturated heterocycles. The first kappa shape index (κ1) is 16.2. The molecule has 0 bridgehead atoms. The Morgan fingerprint density at radius 3 is 2.38 bits per heavy atom. The van der Waals surface area contributed by atoms with E-state index in [0.717, 1.165) is 0 Å². The molecular formula is C16H19N5O3. The monoisotopic (exact) mass is 329 g/mol. The van der Waals surface area contributed by atoms with E-state index in [1.54, 1.807) is 20.8 Å². The molecule has 0 saturated carbocycles. The molecule has 0 aromatic carbocycles. The van der Waals surface area contributed by atoms with Crippen molar-refractivity contribution in [2.45, 2.75) is 44.8 Å². The zero-order chi connectivity index (χ0) is 17.5. The summed E-state index contributed by atoms with van der Waals surface area (Å²) < 4.78 is 5.49. The van der Waals surface area contributed by atoms with Crippen LogP contribution >= 0.6 is 0 Å². The summed E-state index contributed by atoms with van der Waals surface area (Å²) >= 11 is 0. The summed E-state index contributed by atoms with van der Waals surface area (Å²) in [7, 11) is 0. The van der Waals surface area contributed by atoms with E-state index in [0.29, 0.717) is 31.7 Å². The van der Waals surface area contributed by atoms with Crippen LogP contribution in [0.4, 0.5) is 10.6 Å². The minimum atomic E-state index is -1.10. The molecule has 1 aromatic heterocycles. The number of aromatic nitrogens is 2. The lowest BCUT2D eigenvalue weighted by molar-refractivity contribution is -0.140. The molecule has 0 atom stereocenters. The van der Waals surface area contributed by atoms with Crippen molar-refractivity contribution in [1.29, 1.82) is 5.26 Å². The molecule has 8 nitrogen and oxygen atoms in total. The first-order valence-electron chi connectivity index (χ1n) is 7.82. The van der Waals surface area contributed by atoms with Gasteiger partial charge in [0.05, 0.1) is 0 Å². The minimum Gasteiger partial charge on any atom is -0.432 e. The number of nitrogens with zero attached hydrogens (tertiary/aromatic N) is 5. The molecule has 126 valence electrons. The van der Waals surface area contributed by atoms with Gasteiger partial charge in [0.2, 0.25) is 0 Å². The topological polar surface area (TPSA) is 99.4 Å². The van der Waals surface area contributed by atoms with Crippen LogP contribution in [-0.4, -0.2) is 51.1 Å². The van der Waals surface area contributed by atoms with Crippen LogP contribution < -0.4 is 4.90 Å². The molecule has 8 heteroatoms. The van der Waals surface area contributed by atoms with Crippen LogP contribution in [0.25, 0.3) is 0 Å². The van der Waals surface area contributed by atoms with Crippen molar-refractivity contribution in [1.82, 2.24) is 14.9 Å². The maximum absolute atomic E-state index is 12.8. The van der Waals surface area contributed by atoms with Gasteiger partial charge in [0.1, 0.15) is 6.07 Å². The molecule has 3 heterocycles. The molecule has 2 aliphatic rings. The molecule has 0 aliphatic carbocycles. The van der Waals surface area contributed by atoms with E-state index >= 15 is 0 Å². The number of nitriles is 1. The second-order valence-electron chi connectivity index (χ2n) is 7.00. The second kappa shape index (κ2) is 5.44. The van der Waals surface area contributed by atoms with Gasteiger partial charge in [-0.3, -0.25) is 4.79 Å². The zero-order valence-electron chi connectivity index (χ0n) is 13.9. The molecular weight excluding hydrogens is 310 g/mol. The van der Waals surface area contributed by atoms with Gasteiger partial charge in [0.15, 0.2) is 17.1 Å². The Hall–Kier alpha value is -2.69. The van der Waals surface area contributed by atoms with Gasteiger partial charge < -0.3 is 9.64 Å². The first-order valence-corrected chi connectivity index (χ1v) is 7.82. The number of piperidine rings is 1. The summed E-state index contributed by atoms with van der Waals surface area (Å²) in [6.07, 6.45) is 3.15. The number of imide groups is 1. The van der Waals surface area contributed by atoms with Gasteiger partial charge in [-0.25, -0.2) is 19.7 Å². The summed E-state index contributed by atoms with van der Waals surface area (Å²) in [5, 5.41) is 9.15. The predicted octanol–water partition coefficient (Wildman–Crippen LogP) is 1.46. The van der Waals surface area contributed by atoms with Crippen LogP contribution in [0.15, 0.2) is 12.4 Å². The molecule has 2 fully saturated rings. The van der Waals surface area contributed by atoms with Gasteiger partial charge in [-0.2, -0.15) is 5.26 Å². The van der Waals surface area contributed by atoms with E-state index in [9.17, 15) is 9.59 Å². The largest absolute Gasteiger partial charge is 0.432 e.